The highest BCUT2D eigenvalue weighted by Gasteiger charge is 1.95. The number of rotatable bonds is 0. The molecule has 0 amide bonds. The van der Waals surface area contributed by atoms with Gasteiger partial charge in [0.2, 0.25) is 0 Å². The zero-order chi connectivity index (χ0) is 5.82. The minimum Gasteiger partial charge on any atom is -0.0856 e. The molecule has 0 aromatic rings. The van der Waals surface area contributed by atoms with Crippen LogP contribution in [0.5, 0.6) is 0 Å². The third-order valence-electron chi connectivity index (χ3n) is 1.57. The number of hydrogen-bond donors (Lipinski definition) is 0. The summed E-state index contributed by atoms with van der Waals surface area (Å²) in [7, 11) is 0. The van der Waals surface area contributed by atoms with Crippen LogP contribution in [0.15, 0.2) is 11.6 Å². The van der Waals surface area contributed by atoms with Gasteiger partial charge in [0.1, 0.15) is 0 Å². The topological polar surface area (TPSA) is 0 Å². The zero-order valence-electron chi connectivity index (χ0n) is 5.48. The molecule has 0 atom stereocenters. The van der Waals surface area contributed by atoms with Crippen LogP contribution in [0.4, 0.5) is 0 Å². The van der Waals surface area contributed by atoms with Crippen molar-refractivity contribution in [1.29, 1.82) is 0 Å². The molecule has 0 aromatic carbocycles. The summed E-state index contributed by atoms with van der Waals surface area (Å²) >= 11 is 0. The summed E-state index contributed by atoms with van der Waals surface area (Å²) in [6, 6.07) is 0. The summed E-state index contributed by atoms with van der Waals surface area (Å²) in [4.78, 5) is 0. The van der Waals surface area contributed by atoms with E-state index in [1.807, 2.05) is 0 Å². The van der Waals surface area contributed by atoms with Gasteiger partial charge in [-0.05, 0) is 39.0 Å². The van der Waals surface area contributed by atoms with Crippen LogP contribution in [0.3, 0.4) is 0 Å². The zero-order valence-corrected chi connectivity index (χ0v) is 5.48. The van der Waals surface area contributed by atoms with Gasteiger partial charge < -0.3 is 0 Å². The second kappa shape index (κ2) is 2.91. The minimum atomic E-state index is 1.22. The molecule has 0 bridgehead atoms. The fraction of sp³-hybridized carbons (Fsp3) is 0.625. The van der Waals surface area contributed by atoms with Gasteiger partial charge in [-0.3, -0.25) is 0 Å². The van der Waals surface area contributed by atoms with Crippen molar-refractivity contribution in [2.24, 2.45) is 0 Å². The molecule has 0 fully saturated rings. The molecule has 0 nitrogen and oxygen atoms in total. The number of hydrogen-bond acceptors (Lipinski definition) is 0. The fourth-order valence-electron chi connectivity index (χ4n) is 1.02. The van der Waals surface area contributed by atoms with Crippen LogP contribution in [0.25, 0.3) is 0 Å². The Balaban J connectivity index is 2.36. The maximum absolute atomic E-state index is 2.37. The van der Waals surface area contributed by atoms with Crippen molar-refractivity contribution in [3.8, 4) is 0 Å². The van der Waals surface area contributed by atoms with Crippen molar-refractivity contribution in [2.45, 2.75) is 32.6 Å². The van der Waals surface area contributed by atoms with E-state index in [4.69, 9.17) is 0 Å². The van der Waals surface area contributed by atoms with E-state index in [-0.39, 0.29) is 0 Å². The molecular formula is C8H13. The minimum absolute atomic E-state index is 1.22. The predicted octanol–water partition coefficient (Wildman–Crippen LogP) is 2.71. The molecule has 45 valence electrons. The van der Waals surface area contributed by atoms with Gasteiger partial charge in [-0.1, -0.05) is 11.6 Å². The first-order valence-corrected chi connectivity index (χ1v) is 3.37. The highest BCUT2D eigenvalue weighted by molar-refractivity contribution is 5.03. The van der Waals surface area contributed by atoms with E-state index in [2.05, 4.69) is 19.4 Å². The monoisotopic (exact) mass is 109 g/mol. The summed E-state index contributed by atoms with van der Waals surface area (Å²) < 4.78 is 0. The van der Waals surface area contributed by atoms with Gasteiger partial charge in [0.25, 0.3) is 0 Å². The fourth-order valence-corrected chi connectivity index (χ4v) is 1.02. The molecule has 8 heavy (non-hydrogen) atoms. The van der Waals surface area contributed by atoms with Crippen molar-refractivity contribution in [2.75, 3.05) is 0 Å². The average molecular weight is 109 g/mol. The Labute approximate surface area is 51.6 Å². The average Bonchev–Trinajstić information content (AvgIpc) is 1.94. The van der Waals surface area contributed by atoms with Crippen LogP contribution in [-0.4, -0.2) is 0 Å². The first-order chi connectivity index (χ1) is 3.89. The van der Waals surface area contributed by atoms with Crippen LogP contribution >= 0.6 is 0 Å². The second-order valence-electron chi connectivity index (χ2n) is 2.47. The summed E-state index contributed by atoms with van der Waals surface area (Å²) in [5, 5.41) is 0. The van der Waals surface area contributed by atoms with Crippen molar-refractivity contribution in [3.63, 3.8) is 0 Å². The van der Waals surface area contributed by atoms with E-state index < -0.39 is 0 Å². The summed E-state index contributed by atoms with van der Waals surface area (Å²) in [5.74, 6) is 0. The Hall–Kier alpha value is -0.260. The lowest BCUT2D eigenvalue weighted by atomic mass is 10.2. The molecule has 1 rings (SSSR count). The van der Waals surface area contributed by atoms with Gasteiger partial charge in [0.15, 0.2) is 0 Å². The van der Waals surface area contributed by atoms with Crippen molar-refractivity contribution in [1.82, 2.24) is 0 Å². The molecule has 0 heterocycles. The molecule has 0 saturated carbocycles. The normalized spacial score (nSPS) is 21.9. The molecule has 0 spiro atoms. The molecule has 0 heteroatoms. The lowest BCUT2D eigenvalue weighted by molar-refractivity contribution is 0.832. The SMILES string of the molecule is CC1=CCCC[CH]C1. The van der Waals surface area contributed by atoms with Gasteiger partial charge in [-0.2, -0.15) is 0 Å². The van der Waals surface area contributed by atoms with Crippen molar-refractivity contribution >= 4 is 0 Å². The third-order valence-corrected chi connectivity index (χ3v) is 1.57. The van der Waals surface area contributed by atoms with Gasteiger partial charge in [-0.25, -0.2) is 0 Å². The Morgan fingerprint density at radius 3 is 3.12 bits per heavy atom. The maximum atomic E-state index is 2.37. The summed E-state index contributed by atoms with van der Waals surface area (Å²) in [6.45, 7) is 2.21. The molecular weight excluding hydrogens is 96.1 g/mol. The van der Waals surface area contributed by atoms with Gasteiger partial charge >= 0.3 is 0 Å². The van der Waals surface area contributed by atoms with E-state index in [9.17, 15) is 0 Å². The highest BCUT2D eigenvalue weighted by atomic mass is 14.0. The Morgan fingerprint density at radius 1 is 1.38 bits per heavy atom. The van der Waals surface area contributed by atoms with E-state index in [1.165, 1.54) is 25.7 Å². The van der Waals surface area contributed by atoms with Crippen LogP contribution in [0.2, 0.25) is 0 Å². The molecule has 1 radical (unpaired) electrons. The molecule has 0 aliphatic heterocycles. The standard InChI is InChI=1S/C8H13/c1-8-6-4-2-3-5-7-8/h4,7H,2-3,5-6H2,1H3. The summed E-state index contributed by atoms with van der Waals surface area (Å²) in [5.41, 5.74) is 1.54. The lowest BCUT2D eigenvalue weighted by Gasteiger charge is -1.91. The first-order valence-electron chi connectivity index (χ1n) is 3.37. The molecule has 0 N–H and O–H groups in total. The Bertz CT molecular complexity index is 90.2. The molecule has 1 aliphatic rings. The van der Waals surface area contributed by atoms with E-state index in [1.54, 1.807) is 5.57 Å². The smallest absolute Gasteiger partial charge is 0.0292 e. The van der Waals surface area contributed by atoms with Crippen molar-refractivity contribution in [3.05, 3.63) is 18.1 Å². The Morgan fingerprint density at radius 2 is 2.25 bits per heavy atom. The second-order valence-corrected chi connectivity index (χ2v) is 2.47. The molecule has 0 unspecified atom stereocenters. The van der Waals surface area contributed by atoms with Crippen LogP contribution in [0.1, 0.15) is 32.6 Å². The largest absolute Gasteiger partial charge is 0.0856 e. The van der Waals surface area contributed by atoms with Gasteiger partial charge in [0, 0.05) is 0 Å². The highest BCUT2D eigenvalue weighted by Crippen LogP contribution is 2.14. The van der Waals surface area contributed by atoms with Crippen LogP contribution in [0, 0.1) is 6.42 Å². The predicted molar refractivity (Wildman–Crippen MR) is 36.5 cm³/mol. The summed E-state index contributed by atoms with van der Waals surface area (Å²) in [6.07, 6.45) is 9.91. The molecule has 0 saturated heterocycles. The van der Waals surface area contributed by atoms with Gasteiger partial charge in [-0.15, -0.1) is 0 Å². The van der Waals surface area contributed by atoms with Crippen LogP contribution < -0.4 is 0 Å². The Kier molecular flexibility index (Phi) is 2.13. The van der Waals surface area contributed by atoms with Crippen LogP contribution in [-0.2, 0) is 0 Å². The molecule has 0 aromatic heterocycles. The number of allylic oxidation sites excluding steroid dienone is 2. The van der Waals surface area contributed by atoms with E-state index in [0.29, 0.717) is 0 Å². The molecule has 1 aliphatic carbocycles. The van der Waals surface area contributed by atoms with E-state index >= 15 is 0 Å². The first kappa shape index (κ1) is 5.87. The lowest BCUT2D eigenvalue weighted by Crippen LogP contribution is -1.73. The van der Waals surface area contributed by atoms with E-state index in [0.717, 1.165) is 0 Å². The quantitative estimate of drug-likeness (QED) is 0.419. The third kappa shape index (κ3) is 1.69. The maximum Gasteiger partial charge on any atom is -0.0292 e. The van der Waals surface area contributed by atoms with Crippen molar-refractivity contribution < 1.29 is 0 Å². The van der Waals surface area contributed by atoms with Gasteiger partial charge in [0.05, 0.1) is 0 Å².